The highest BCUT2D eigenvalue weighted by Gasteiger charge is 2.27. The van der Waals surface area contributed by atoms with E-state index in [-0.39, 0.29) is 17.9 Å². The van der Waals surface area contributed by atoms with Crippen molar-refractivity contribution in [2.75, 3.05) is 13.6 Å². The van der Waals surface area contributed by atoms with Crippen LogP contribution in [0, 0.1) is 11.7 Å². The van der Waals surface area contributed by atoms with Crippen LogP contribution in [0.15, 0.2) is 24.3 Å². The highest BCUT2D eigenvalue weighted by atomic mass is 19.1. The molecule has 0 aliphatic heterocycles. The molecule has 1 saturated carbocycles. The summed E-state index contributed by atoms with van der Waals surface area (Å²) in [6.07, 6.45) is 7.50. The van der Waals surface area contributed by atoms with Gasteiger partial charge in [-0.3, -0.25) is 4.90 Å². The highest BCUT2D eigenvalue weighted by molar-refractivity contribution is 5.22. The van der Waals surface area contributed by atoms with E-state index < -0.39 is 0 Å². The summed E-state index contributed by atoms with van der Waals surface area (Å²) in [7, 11) is 2.10. The maximum Gasteiger partial charge on any atom is 0.128 e. The number of nitrogens with two attached hydrogens (primary N) is 1. The van der Waals surface area contributed by atoms with Crippen LogP contribution in [-0.2, 0) is 0 Å². The number of nitrogens with zero attached hydrogens (tertiary/aromatic N) is 1. The Bertz CT molecular complexity index is 429. The molecule has 0 saturated heterocycles. The Labute approximate surface area is 128 Å². The topological polar surface area (TPSA) is 29.3 Å². The van der Waals surface area contributed by atoms with E-state index in [4.69, 9.17) is 5.73 Å². The molecule has 2 N–H and O–H groups in total. The first kappa shape index (κ1) is 16.4. The maximum atomic E-state index is 14.2. The van der Waals surface area contributed by atoms with Crippen LogP contribution in [0.2, 0.25) is 0 Å². The Balaban J connectivity index is 2.13. The summed E-state index contributed by atoms with van der Waals surface area (Å²) >= 11 is 0. The largest absolute Gasteiger partial charge is 0.326 e. The van der Waals surface area contributed by atoms with Crippen LogP contribution in [0.3, 0.4) is 0 Å². The van der Waals surface area contributed by atoms with E-state index in [2.05, 4.69) is 18.9 Å². The quantitative estimate of drug-likeness (QED) is 0.854. The zero-order valence-corrected chi connectivity index (χ0v) is 13.4. The van der Waals surface area contributed by atoms with Crippen molar-refractivity contribution in [3.63, 3.8) is 0 Å². The second-order valence-electron chi connectivity index (χ2n) is 6.48. The molecule has 3 heteroatoms. The number of halogens is 1. The minimum Gasteiger partial charge on any atom is -0.326 e. The third-order valence-electron chi connectivity index (χ3n) is 4.85. The zero-order valence-electron chi connectivity index (χ0n) is 13.4. The molecular formula is C18H29FN2. The molecule has 1 aromatic rings. The minimum absolute atomic E-state index is 0.0295. The van der Waals surface area contributed by atoms with Gasteiger partial charge in [-0.1, -0.05) is 44.4 Å². The highest BCUT2D eigenvalue weighted by Crippen LogP contribution is 2.30. The molecule has 2 atom stereocenters. The number of hydrogen-bond acceptors (Lipinski definition) is 2. The molecule has 2 rings (SSSR count). The van der Waals surface area contributed by atoms with Crippen LogP contribution >= 0.6 is 0 Å². The van der Waals surface area contributed by atoms with E-state index in [1.807, 2.05) is 12.1 Å². The van der Waals surface area contributed by atoms with Crippen LogP contribution in [0.5, 0.6) is 0 Å². The summed E-state index contributed by atoms with van der Waals surface area (Å²) in [4.78, 5) is 2.28. The lowest BCUT2D eigenvalue weighted by Gasteiger charge is -2.36. The lowest BCUT2D eigenvalue weighted by atomic mass is 9.87. The second-order valence-corrected chi connectivity index (χ2v) is 6.48. The van der Waals surface area contributed by atoms with Gasteiger partial charge in [0.05, 0.1) is 6.04 Å². The van der Waals surface area contributed by atoms with Gasteiger partial charge >= 0.3 is 0 Å². The number of likely N-dealkylation sites (N-methyl/N-ethyl adjacent to an activating group) is 1. The number of benzene rings is 1. The zero-order chi connectivity index (χ0) is 15.2. The van der Waals surface area contributed by atoms with Crippen molar-refractivity contribution >= 4 is 0 Å². The monoisotopic (exact) mass is 292 g/mol. The Morgan fingerprint density at radius 1 is 1.24 bits per heavy atom. The van der Waals surface area contributed by atoms with Crippen molar-refractivity contribution in [2.24, 2.45) is 11.7 Å². The first-order chi connectivity index (χ1) is 10.1. The summed E-state index contributed by atoms with van der Waals surface area (Å²) in [5, 5.41) is 0. The molecule has 1 aliphatic rings. The van der Waals surface area contributed by atoms with Crippen molar-refractivity contribution in [3.05, 3.63) is 35.6 Å². The van der Waals surface area contributed by atoms with E-state index in [1.54, 1.807) is 12.1 Å². The molecule has 1 aromatic carbocycles. The van der Waals surface area contributed by atoms with Crippen LogP contribution in [0.1, 0.15) is 57.1 Å². The van der Waals surface area contributed by atoms with Gasteiger partial charge in [-0.05, 0) is 38.3 Å². The van der Waals surface area contributed by atoms with E-state index >= 15 is 0 Å². The third kappa shape index (κ3) is 4.27. The van der Waals surface area contributed by atoms with Gasteiger partial charge in [0.25, 0.3) is 0 Å². The van der Waals surface area contributed by atoms with Crippen LogP contribution in [0.4, 0.5) is 4.39 Å². The number of rotatable bonds is 6. The van der Waals surface area contributed by atoms with Crippen LogP contribution in [0.25, 0.3) is 0 Å². The van der Waals surface area contributed by atoms with Gasteiger partial charge in [0.1, 0.15) is 5.82 Å². The lowest BCUT2D eigenvalue weighted by molar-refractivity contribution is 0.158. The molecule has 0 bridgehead atoms. The van der Waals surface area contributed by atoms with Crippen molar-refractivity contribution in [1.29, 1.82) is 0 Å². The average molecular weight is 292 g/mol. The van der Waals surface area contributed by atoms with E-state index in [9.17, 15) is 4.39 Å². The molecular weight excluding hydrogens is 263 g/mol. The normalized spacial score (nSPS) is 19.7. The summed E-state index contributed by atoms with van der Waals surface area (Å²) in [5.74, 6) is 0.601. The molecule has 0 amide bonds. The SMILES string of the molecule is CCC(N)C(c1ccccc1F)N(C)CC1CCCCC1. The summed E-state index contributed by atoms with van der Waals surface area (Å²) in [6.45, 7) is 3.10. The molecule has 1 aliphatic carbocycles. The molecule has 1 fully saturated rings. The predicted molar refractivity (Wildman–Crippen MR) is 86.6 cm³/mol. The van der Waals surface area contributed by atoms with E-state index in [1.165, 1.54) is 32.1 Å². The Hall–Kier alpha value is -0.930. The lowest BCUT2D eigenvalue weighted by Crippen LogP contribution is -2.41. The first-order valence-electron chi connectivity index (χ1n) is 8.33. The van der Waals surface area contributed by atoms with Gasteiger partial charge in [-0.15, -0.1) is 0 Å². The molecule has 2 nitrogen and oxygen atoms in total. The smallest absolute Gasteiger partial charge is 0.128 e. The second kappa shape index (κ2) is 7.90. The van der Waals surface area contributed by atoms with Crippen LogP contribution in [-0.4, -0.2) is 24.5 Å². The van der Waals surface area contributed by atoms with Gasteiger partial charge in [0, 0.05) is 18.2 Å². The van der Waals surface area contributed by atoms with Crippen molar-refractivity contribution < 1.29 is 4.39 Å². The van der Waals surface area contributed by atoms with E-state index in [0.717, 1.165) is 24.4 Å². The summed E-state index contributed by atoms with van der Waals surface area (Å²) < 4.78 is 14.2. The third-order valence-corrected chi connectivity index (χ3v) is 4.85. The fourth-order valence-electron chi connectivity index (χ4n) is 3.62. The van der Waals surface area contributed by atoms with Gasteiger partial charge < -0.3 is 5.73 Å². The number of hydrogen-bond donors (Lipinski definition) is 1. The molecule has 21 heavy (non-hydrogen) atoms. The molecule has 0 radical (unpaired) electrons. The Morgan fingerprint density at radius 3 is 2.52 bits per heavy atom. The average Bonchev–Trinajstić information content (AvgIpc) is 2.50. The molecule has 2 unspecified atom stereocenters. The first-order valence-corrected chi connectivity index (χ1v) is 8.33. The van der Waals surface area contributed by atoms with Crippen molar-refractivity contribution in [3.8, 4) is 0 Å². The molecule has 0 aromatic heterocycles. The summed E-state index contributed by atoms with van der Waals surface area (Å²) in [5.41, 5.74) is 7.06. The fraction of sp³-hybridized carbons (Fsp3) is 0.667. The van der Waals surface area contributed by atoms with Crippen LogP contribution < -0.4 is 5.73 Å². The predicted octanol–water partition coefficient (Wildman–Crippen LogP) is 4.12. The minimum atomic E-state index is -0.137. The summed E-state index contributed by atoms with van der Waals surface area (Å²) in [6, 6.07) is 7.01. The van der Waals surface area contributed by atoms with Crippen molar-refractivity contribution in [1.82, 2.24) is 4.90 Å². The fourth-order valence-corrected chi connectivity index (χ4v) is 3.62. The molecule has 118 valence electrons. The van der Waals surface area contributed by atoms with E-state index in [0.29, 0.717) is 0 Å². The van der Waals surface area contributed by atoms with Gasteiger partial charge in [-0.25, -0.2) is 4.39 Å². The van der Waals surface area contributed by atoms with Gasteiger partial charge in [0.2, 0.25) is 0 Å². The van der Waals surface area contributed by atoms with Gasteiger partial charge in [-0.2, -0.15) is 0 Å². The Kier molecular flexibility index (Phi) is 6.19. The standard InChI is InChI=1S/C18H29FN2/c1-3-17(20)18(15-11-7-8-12-16(15)19)21(2)13-14-9-5-4-6-10-14/h7-8,11-12,14,17-18H,3-6,9-10,13,20H2,1-2H3. The molecule has 0 heterocycles. The Morgan fingerprint density at radius 2 is 1.90 bits per heavy atom. The molecule has 0 spiro atoms. The van der Waals surface area contributed by atoms with Crippen molar-refractivity contribution in [2.45, 2.75) is 57.5 Å². The van der Waals surface area contributed by atoms with Gasteiger partial charge in [0.15, 0.2) is 0 Å². The maximum absolute atomic E-state index is 14.2.